The molecule has 19 heavy (non-hydrogen) atoms. The number of ether oxygens (including phenoxy) is 2. The molecule has 0 spiro atoms. The third-order valence-electron chi connectivity index (χ3n) is 3.38. The highest BCUT2D eigenvalue weighted by molar-refractivity contribution is 7.99. The zero-order chi connectivity index (χ0) is 13.5. The summed E-state index contributed by atoms with van der Waals surface area (Å²) in [7, 11) is 3.68. The maximum absolute atomic E-state index is 6.24. The van der Waals surface area contributed by atoms with Crippen LogP contribution in [-0.2, 0) is 6.42 Å². The van der Waals surface area contributed by atoms with E-state index in [1.165, 1.54) is 17.1 Å². The number of thioether (sulfide) groups is 1. The Kier molecular flexibility index (Phi) is 5.86. The summed E-state index contributed by atoms with van der Waals surface area (Å²) in [6, 6.07) is 6.15. The number of benzene rings is 1. The average Bonchev–Trinajstić information content (AvgIpc) is 2.47. The molecule has 0 aromatic heterocycles. The second-order valence-corrected chi connectivity index (χ2v) is 5.96. The third kappa shape index (κ3) is 4.05. The molecule has 2 rings (SSSR count). The molecular formula is C15H23NO2S. The Morgan fingerprint density at radius 1 is 1.32 bits per heavy atom. The number of methoxy groups -OCH3 is 1. The minimum Gasteiger partial charge on any atom is -0.493 e. The van der Waals surface area contributed by atoms with Crippen LogP contribution in [0.4, 0.5) is 0 Å². The fraction of sp³-hybridized carbons (Fsp3) is 0.600. The van der Waals surface area contributed by atoms with Crippen molar-refractivity contribution >= 4 is 11.8 Å². The quantitative estimate of drug-likeness (QED) is 0.868. The van der Waals surface area contributed by atoms with E-state index in [-0.39, 0.29) is 0 Å². The Morgan fingerprint density at radius 2 is 2.11 bits per heavy atom. The molecule has 106 valence electrons. The lowest BCUT2D eigenvalue weighted by Crippen LogP contribution is -2.23. The van der Waals surface area contributed by atoms with Crippen molar-refractivity contribution in [3.05, 3.63) is 23.8 Å². The van der Waals surface area contributed by atoms with Gasteiger partial charge in [0.05, 0.1) is 7.11 Å². The summed E-state index contributed by atoms with van der Waals surface area (Å²) >= 11 is 2.02. The summed E-state index contributed by atoms with van der Waals surface area (Å²) in [5.74, 6) is 4.20. The van der Waals surface area contributed by atoms with Crippen molar-refractivity contribution in [1.82, 2.24) is 5.32 Å². The Bertz CT molecular complexity index is 392. The molecule has 1 aliphatic rings. The van der Waals surface area contributed by atoms with Gasteiger partial charge in [-0.05, 0) is 56.0 Å². The van der Waals surface area contributed by atoms with Crippen LogP contribution >= 0.6 is 11.8 Å². The molecule has 3 nitrogen and oxygen atoms in total. The van der Waals surface area contributed by atoms with Crippen molar-refractivity contribution in [2.45, 2.75) is 25.4 Å². The maximum Gasteiger partial charge on any atom is 0.164 e. The minimum atomic E-state index is 0.339. The molecule has 0 radical (unpaired) electrons. The summed E-state index contributed by atoms with van der Waals surface area (Å²) < 4.78 is 11.7. The van der Waals surface area contributed by atoms with Crippen LogP contribution in [0.1, 0.15) is 18.4 Å². The van der Waals surface area contributed by atoms with Gasteiger partial charge >= 0.3 is 0 Å². The van der Waals surface area contributed by atoms with E-state index < -0.39 is 0 Å². The van der Waals surface area contributed by atoms with Gasteiger partial charge in [0.1, 0.15) is 6.10 Å². The van der Waals surface area contributed by atoms with Crippen molar-refractivity contribution < 1.29 is 9.47 Å². The molecule has 0 amide bonds. The smallest absolute Gasteiger partial charge is 0.164 e. The molecule has 1 aromatic rings. The van der Waals surface area contributed by atoms with Crippen LogP contribution in [0.25, 0.3) is 0 Å². The van der Waals surface area contributed by atoms with Gasteiger partial charge in [-0.15, -0.1) is 0 Å². The number of rotatable bonds is 6. The van der Waals surface area contributed by atoms with Crippen LogP contribution in [0, 0.1) is 0 Å². The first-order chi connectivity index (χ1) is 9.35. The minimum absolute atomic E-state index is 0.339. The van der Waals surface area contributed by atoms with Crippen LogP contribution in [0.5, 0.6) is 11.5 Å². The molecule has 0 unspecified atom stereocenters. The zero-order valence-corrected chi connectivity index (χ0v) is 12.6. The van der Waals surface area contributed by atoms with E-state index in [2.05, 4.69) is 11.4 Å². The molecule has 1 N–H and O–H groups in total. The van der Waals surface area contributed by atoms with E-state index in [1.54, 1.807) is 7.11 Å². The number of nitrogens with one attached hydrogen (secondary N) is 1. The van der Waals surface area contributed by atoms with Crippen molar-refractivity contribution in [3.8, 4) is 11.5 Å². The number of hydrogen-bond donors (Lipinski definition) is 1. The number of hydrogen-bond acceptors (Lipinski definition) is 4. The van der Waals surface area contributed by atoms with E-state index in [4.69, 9.17) is 9.47 Å². The van der Waals surface area contributed by atoms with Crippen molar-refractivity contribution in [3.63, 3.8) is 0 Å². The highest BCUT2D eigenvalue weighted by atomic mass is 32.2. The van der Waals surface area contributed by atoms with Crippen LogP contribution in [0.2, 0.25) is 0 Å². The van der Waals surface area contributed by atoms with Crippen molar-refractivity contribution in [1.29, 1.82) is 0 Å². The lowest BCUT2D eigenvalue weighted by Gasteiger charge is -2.25. The molecular weight excluding hydrogens is 258 g/mol. The fourth-order valence-electron chi connectivity index (χ4n) is 2.27. The Hall–Kier alpha value is -0.870. The molecule has 1 saturated heterocycles. The molecule has 0 aliphatic carbocycles. The predicted molar refractivity (Wildman–Crippen MR) is 81.6 cm³/mol. The van der Waals surface area contributed by atoms with Gasteiger partial charge < -0.3 is 14.8 Å². The predicted octanol–water partition coefficient (Wildman–Crippen LogP) is 2.73. The standard InChI is InChI=1S/C15H23NO2S/c1-16-9-6-12-4-3-5-14(17-2)15(12)18-13-7-10-19-11-8-13/h3-5,13,16H,6-11H2,1-2H3. The average molecular weight is 281 g/mol. The summed E-state index contributed by atoms with van der Waals surface area (Å²) in [6.45, 7) is 0.948. The molecule has 4 heteroatoms. The highest BCUT2D eigenvalue weighted by Crippen LogP contribution is 2.34. The van der Waals surface area contributed by atoms with E-state index in [0.29, 0.717) is 6.10 Å². The van der Waals surface area contributed by atoms with Crippen LogP contribution in [0.3, 0.4) is 0 Å². The SMILES string of the molecule is CNCCc1cccc(OC)c1OC1CCSCC1. The van der Waals surface area contributed by atoms with Crippen LogP contribution < -0.4 is 14.8 Å². The first-order valence-electron chi connectivity index (χ1n) is 6.90. The Morgan fingerprint density at radius 3 is 2.79 bits per heavy atom. The van der Waals surface area contributed by atoms with E-state index in [9.17, 15) is 0 Å². The fourth-order valence-corrected chi connectivity index (χ4v) is 3.34. The molecule has 1 heterocycles. The summed E-state index contributed by atoms with van der Waals surface area (Å²) in [5, 5.41) is 3.18. The lowest BCUT2D eigenvalue weighted by atomic mass is 10.1. The van der Waals surface area contributed by atoms with Crippen LogP contribution in [0.15, 0.2) is 18.2 Å². The van der Waals surface area contributed by atoms with Gasteiger partial charge in [0, 0.05) is 0 Å². The van der Waals surface area contributed by atoms with Gasteiger partial charge in [-0.2, -0.15) is 11.8 Å². The second kappa shape index (κ2) is 7.65. The van der Waals surface area contributed by atoms with Crippen molar-refractivity contribution in [2.75, 3.05) is 32.2 Å². The van der Waals surface area contributed by atoms with Gasteiger partial charge in [-0.1, -0.05) is 12.1 Å². The summed E-state index contributed by atoms with van der Waals surface area (Å²) in [4.78, 5) is 0. The summed E-state index contributed by atoms with van der Waals surface area (Å²) in [5.41, 5.74) is 1.23. The van der Waals surface area contributed by atoms with E-state index in [1.807, 2.05) is 30.9 Å². The molecule has 0 bridgehead atoms. The van der Waals surface area contributed by atoms with Gasteiger partial charge in [0.2, 0.25) is 0 Å². The first-order valence-corrected chi connectivity index (χ1v) is 8.05. The highest BCUT2D eigenvalue weighted by Gasteiger charge is 2.19. The largest absolute Gasteiger partial charge is 0.493 e. The van der Waals surface area contributed by atoms with Crippen molar-refractivity contribution in [2.24, 2.45) is 0 Å². The number of para-hydroxylation sites is 1. The topological polar surface area (TPSA) is 30.5 Å². The molecule has 1 aliphatic heterocycles. The second-order valence-electron chi connectivity index (χ2n) is 4.73. The van der Waals surface area contributed by atoms with Gasteiger partial charge in [0.25, 0.3) is 0 Å². The zero-order valence-electron chi connectivity index (χ0n) is 11.8. The Balaban J connectivity index is 2.14. The molecule has 0 atom stereocenters. The monoisotopic (exact) mass is 281 g/mol. The maximum atomic E-state index is 6.24. The first kappa shape index (κ1) is 14.5. The molecule has 1 aromatic carbocycles. The van der Waals surface area contributed by atoms with Gasteiger partial charge in [0.15, 0.2) is 11.5 Å². The summed E-state index contributed by atoms with van der Waals surface area (Å²) in [6.07, 6.45) is 3.57. The van der Waals surface area contributed by atoms with E-state index in [0.717, 1.165) is 37.3 Å². The lowest BCUT2D eigenvalue weighted by molar-refractivity contribution is 0.182. The molecule has 0 saturated carbocycles. The van der Waals surface area contributed by atoms with Gasteiger partial charge in [-0.25, -0.2) is 0 Å². The normalized spacial score (nSPS) is 16.3. The van der Waals surface area contributed by atoms with Gasteiger partial charge in [-0.3, -0.25) is 0 Å². The molecule has 1 fully saturated rings. The van der Waals surface area contributed by atoms with Crippen LogP contribution in [-0.4, -0.2) is 38.3 Å². The van der Waals surface area contributed by atoms with E-state index >= 15 is 0 Å². The number of likely N-dealkylation sites (N-methyl/N-ethyl adjacent to an activating group) is 1. The Labute approximate surface area is 120 Å². The third-order valence-corrected chi connectivity index (χ3v) is 4.43.